The SMILES string of the molecule is CNN1C(=O)C(NC)(NC)c2cnc(-c3ccc(C)nc3)cc21. The van der Waals surface area contributed by atoms with E-state index in [1.165, 1.54) is 5.01 Å². The number of hydrogen-bond acceptors (Lipinski definition) is 6. The summed E-state index contributed by atoms with van der Waals surface area (Å²) in [5.74, 6) is -0.124. The lowest BCUT2D eigenvalue weighted by molar-refractivity contribution is -0.125. The number of carbonyl (C=O) groups is 1. The topological polar surface area (TPSA) is 82.2 Å². The van der Waals surface area contributed by atoms with Gasteiger partial charge in [0.05, 0.1) is 11.4 Å². The van der Waals surface area contributed by atoms with Crippen LogP contribution in [0.3, 0.4) is 0 Å². The molecule has 0 bridgehead atoms. The third kappa shape index (κ3) is 2.21. The molecule has 1 aliphatic heterocycles. The molecule has 0 aliphatic carbocycles. The second-order valence-electron chi connectivity index (χ2n) is 5.39. The average molecular weight is 312 g/mol. The Morgan fingerprint density at radius 1 is 1.09 bits per heavy atom. The maximum Gasteiger partial charge on any atom is 0.281 e. The molecule has 23 heavy (non-hydrogen) atoms. The summed E-state index contributed by atoms with van der Waals surface area (Å²) < 4.78 is 0. The van der Waals surface area contributed by atoms with E-state index in [4.69, 9.17) is 0 Å². The van der Waals surface area contributed by atoms with E-state index in [2.05, 4.69) is 26.0 Å². The van der Waals surface area contributed by atoms with Crippen LogP contribution in [0.15, 0.2) is 30.6 Å². The van der Waals surface area contributed by atoms with Gasteiger partial charge in [-0.25, -0.2) is 10.4 Å². The summed E-state index contributed by atoms with van der Waals surface area (Å²) in [6, 6.07) is 5.81. The molecular weight excluding hydrogens is 292 g/mol. The van der Waals surface area contributed by atoms with Crippen LogP contribution in [0.2, 0.25) is 0 Å². The molecule has 7 heteroatoms. The van der Waals surface area contributed by atoms with Gasteiger partial charge in [0.2, 0.25) is 0 Å². The fourth-order valence-corrected chi connectivity index (χ4v) is 2.92. The number of aromatic nitrogens is 2. The fraction of sp³-hybridized carbons (Fsp3) is 0.312. The minimum atomic E-state index is -0.977. The summed E-state index contributed by atoms with van der Waals surface area (Å²) in [6.45, 7) is 1.94. The second-order valence-corrected chi connectivity index (χ2v) is 5.39. The fourth-order valence-electron chi connectivity index (χ4n) is 2.92. The van der Waals surface area contributed by atoms with Crippen molar-refractivity contribution in [3.05, 3.63) is 41.9 Å². The van der Waals surface area contributed by atoms with Gasteiger partial charge in [-0.05, 0) is 39.2 Å². The molecule has 3 heterocycles. The number of anilines is 1. The third-order valence-electron chi connectivity index (χ3n) is 4.23. The molecule has 2 aromatic rings. The average Bonchev–Trinajstić information content (AvgIpc) is 2.82. The van der Waals surface area contributed by atoms with Gasteiger partial charge in [-0.2, -0.15) is 0 Å². The molecule has 0 atom stereocenters. The first kappa shape index (κ1) is 15.5. The molecule has 2 aromatic heterocycles. The Labute approximate surface area is 135 Å². The predicted molar refractivity (Wildman–Crippen MR) is 88.5 cm³/mol. The Morgan fingerprint density at radius 2 is 1.83 bits per heavy atom. The van der Waals surface area contributed by atoms with Crippen LogP contribution in [0.1, 0.15) is 11.3 Å². The molecule has 0 unspecified atom stereocenters. The maximum atomic E-state index is 12.8. The lowest BCUT2D eigenvalue weighted by atomic mass is 10.0. The minimum absolute atomic E-state index is 0.124. The van der Waals surface area contributed by atoms with Crippen LogP contribution in [0, 0.1) is 6.92 Å². The van der Waals surface area contributed by atoms with E-state index in [0.717, 1.165) is 28.2 Å². The third-order valence-corrected chi connectivity index (χ3v) is 4.23. The number of nitrogens with one attached hydrogen (secondary N) is 3. The Bertz CT molecular complexity index is 739. The molecule has 0 radical (unpaired) electrons. The molecule has 1 amide bonds. The van der Waals surface area contributed by atoms with Crippen LogP contribution in [-0.4, -0.2) is 37.0 Å². The molecule has 3 rings (SSSR count). The lowest BCUT2D eigenvalue weighted by Gasteiger charge is -2.27. The van der Waals surface area contributed by atoms with E-state index < -0.39 is 5.66 Å². The Balaban J connectivity index is 2.14. The molecule has 0 saturated carbocycles. The normalized spacial score (nSPS) is 15.8. The van der Waals surface area contributed by atoms with Gasteiger partial charge in [-0.1, -0.05) is 0 Å². The number of fused-ring (bicyclic) bond motifs is 1. The summed E-state index contributed by atoms with van der Waals surface area (Å²) in [5, 5.41) is 7.66. The highest BCUT2D eigenvalue weighted by Crippen LogP contribution is 2.38. The van der Waals surface area contributed by atoms with E-state index in [9.17, 15) is 4.79 Å². The molecule has 120 valence electrons. The predicted octanol–water partition coefficient (Wildman–Crippen LogP) is 0.525. The van der Waals surface area contributed by atoms with Crippen LogP contribution in [-0.2, 0) is 10.5 Å². The summed E-state index contributed by atoms with van der Waals surface area (Å²) in [7, 11) is 5.21. The van der Waals surface area contributed by atoms with Crippen molar-refractivity contribution in [1.82, 2.24) is 26.0 Å². The zero-order chi connectivity index (χ0) is 16.6. The highest BCUT2D eigenvalue weighted by atomic mass is 16.2. The Hall–Kier alpha value is -2.35. The molecule has 7 nitrogen and oxygen atoms in total. The number of amides is 1. The van der Waals surface area contributed by atoms with Crippen LogP contribution in [0.5, 0.6) is 0 Å². The number of aryl methyl sites for hydroxylation is 1. The second kappa shape index (κ2) is 5.69. The zero-order valence-electron chi connectivity index (χ0n) is 13.6. The van der Waals surface area contributed by atoms with Crippen molar-refractivity contribution in [2.75, 3.05) is 26.2 Å². The number of nitrogens with zero attached hydrogens (tertiary/aromatic N) is 3. The number of rotatable bonds is 4. The van der Waals surface area contributed by atoms with Crippen molar-refractivity contribution in [3.63, 3.8) is 0 Å². The molecule has 0 spiro atoms. The van der Waals surface area contributed by atoms with Gasteiger partial charge in [0.15, 0.2) is 5.66 Å². The van der Waals surface area contributed by atoms with Gasteiger partial charge < -0.3 is 0 Å². The first-order valence-electron chi connectivity index (χ1n) is 7.40. The highest BCUT2D eigenvalue weighted by Gasteiger charge is 2.49. The van der Waals surface area contributed by atoms with E-state index in [-0.39, 0.29) is 5.91 Å². The number of likely N-dealkylation sites (N-methyl/N-ethyl adjacent to an activating group) is 2. The van der Waals surface area contributed by atoms with Crippen molar-refractivity contribution in [2.45, 2.75) is 12.6 Å². The van der Waals surface area contributed by atoms with Crippen molar-refractivity contribution < 1.29 is 4.79 Å². The lowest BCUT2D eigenvalue weighted by Crippen LogP contribution is -2.59. The first-order valence-corrected chi connectivity index (χ1v) is 7.40. The molecule has 0 saturated heterocycles. The molecule has 0 fully saturated rings. The van der Waals surface area contributed by atoms with Gasteiger partial charge >= 0.3 is 0 Å². The minimum Gasteiger partial charge on any atom is -0.290 e. The van der Waals surface area contributed by atoms with Gasteiger partial charge in [0.25, 0.3) is 5.91 Å². The number of pyridine rings is 2. The van der Waals surface area contributed by atoms with E-state index in [1.54, 1.807) is 33.5 Å². The largest absolute Gasteiger partial charge is 0.290 e. The smallest absolute Gasteiger partial charge is 0.281 e. The van der Waals surface area contributed by atoms with Crippen LogP contribution >= 0.6 is 0 Å². The van der Waals surface area contributed by atoms with Crippen molar-refractivity contribution >= 4 is 11.6 Å². The highest BCUT2D eigenvalue weighted by molar-refractivity contribution is 6.07. The van der Waals surface area contributed by atoms with Crippen molar-refractivity contribution in [1.29, 1.82) is 0 Å². The van der Waals surface area contributed by atoms with Crippen molar-refractivity contribution in [2.24, 2.45) is 0 Å². The van der Waals surface area contributed by atoms with Gasteiger partial charge in [0.1, 0.15) is 0 Å². The van der Waals surface area contributed by atoms with Gasteiger partial charge in [0, 0.05) is 36.3 Å². The van der Waals surface area contributed by atoms with E-state index in [0.29, 0.717) is 0 Å². The number of carbonyl (C=O) groups excluding carboxylic acids is 1. The van der Waals surface area contributed by atoms with Gasteiger partial charge in [-0.3, -0.25) is 25.4 Å². The number of hydrogen-bond donors (Lipinski definition) is 3. The number of hydrazine groups is 1. The molecule has 0 aromatic carbocycles. The Kier molecular flexibility index (Phi) is 3.85. The molecule has 3 N–H and O–H groups in total. The first-order chi connectivity index (χ1) is 11.1. The van der Waals surface area contributed by atoms with E-state index in [1.807, 2.05) is 25.1 Å². The molecular formula is C16H20N6O. The van der Waals surface area contributed by atoms with Crippen LogP contribution in [0.25, 0.3) is 11.3 Å². The summed E-state index contributed by atoms with van der Waals surface area (Å²) in [5.41, 5.74) is 6.15. The van der Waals surface area contributed by atoms with E-state index >= 15 is 0 Å². The Morgan fingerprint density at radius 3 is 2.39 bits per heavy atom. The van der Waals surface area contributed by atoms with Crippen LogP contribution < -0.4 is 21.1 Å². The van der Waals surface area contributed by atoms with Gasteiger partial charge in [-0.15, -0.1) is 0 Å². The summed E-state index contributed by atoms with van der Waals surface area (Å²) >= 11 is 0. The van der Waals surface area contributed by atoms with Crippen molar-refractivity contribution in [3.8, 4) is 11.3 Å². The molecule has 1 aliphatic rings. The monoisotopic (exact) mass is 312 g/mol. The standard InChI is InChI=1S/C16H20N6O/c1-10-5-6-11(8-20-10)13-7-14-12(9-21-13)16(17-2,18-3)15(23)22(14)19-4/h5-9,17-19H,1-4H3. The summed E-state index contributed by atoms with van der Waals surface area (Å²) in [4.78, 5) is 21.6. The zero-order valence-corrected chi connectivity index (χ0v) is 13.6. The van der Waals surface area contributed by atoms with Crippen LogP contribution in [0.4, 0.5) is 5.69 Å². The maximum absolute atomic E-state index is 12.8. The summed E-state index contributed by atoms with van der Waals surface area (Å²) in [6.07, 6.45) is 3.51. The quantitative estimate of drug-likeness (QED) is 0.714.